The number of likely N-dealkylation sites (tertiary alicyclic amines) is 2. The molecule has 1 aromatic carbocycles. The van der Waals surface area contributed by atoms with Crippen LogP contribution < -0.4 is 5.73 Å². The van der Waals surface area contributed by atoms with E-state index in [1.165, 1.54) is 32.4 Å². The molecule has 2 aliphatic rings. The van der Waals surface area contributed by atoms with Crippen LogP contribution in [-0.2, 0) is 21.2 Å². The molecular formula is C25H41N5O3SSi. The van der Waals surface area contributed by atoms with E-state index in [1.807, 2.05) is 17.0 Å². The van der Waals surface area contributed by atoms with Gasteiger partial charge in [-0.15, -0.1) is 0 Å². The summed E-state index contributed by atoms with van der Waals surface area (Å²) < 4.78 is 26.9. The van der Waals surface area contributed by atoms with Crippen LogP contribution in [0.5, 0.6) is 0 Å². The topological polar surface area (TPSA) is 102 Å². The van der Waals surface area contributed by atoms with Gasteiger partial charge in [-0.3, -0.25) is 4.79 Å². The van der Waals surface area contributed by atoms with Gasteiger partial charge in [-0.05, 0) is 68.9 Å². The van der Waals surface area contributed by atoms with Crippen LogP contribution in [0.3, 0.4) is 0 Å². The monoisotopic (exact) mass is 519 g/mol. The molecule has 10 heteroatoms. The zero-order chi connectivity index (χ0) is 25.2. The van der Waals surface area contributed by atoms with Crippen LogP contribution >= 0.6 is 0 Å². The van der Waals surface area contributed by atoms with E-state index in [4.69, 9.17) is 5.73 Å². The fourth-order valence-electron chi connectivity index (χ4n) is 5.24. The Kier molecular flexibility index (Phi) is 8.04. The molecular weight excluding hydrogens is 478 g/mol. The number of hydrogen-bond acceptors (Lipinski definition) is 6. The molecule has 0 aliphatic carbocycles. The van der Waals surface area contributed by atoms with E-state index in [9.17, 15) is 13.2 Å². The molecule has 0 saturated carbocycles. The van der Waals surface area contributed by atoms with E-state index in [0.29, 0.717) is 24.0 Å². The molecule has 2 saturated heterocycles. The molecule has 2 aromatic rings. The smallest absolute Gasteiger partial charge is 0.254 e. The molecule has 2 fully saturated rings. The molecule has 2 N–H and O–H groups in total. The number of carbonyl (C=O) groups is 1. The van der Waals surface area contributed by atoms with Crippen LogP contribution in [0.25, 0.3) is 10.9 Å². The maximum atomic E-state index is 13.0. The summed E-state index contributed by atoms with van der Waals surface area (Å²) in [5.41, 5.74) is 7.83. The van der Waals surface area contributed by atoms with E-state index in [2.05, 4.69) is 29.6 Å². The molecule has 4 rings (SSSR count). The third-order valence-electron chi connectivity index (χ3n) is 7.43. The van der Waals surface area contributed by atoms with Gasteiger partial charge in [0.25, 0.3) is 10.0 Å². The number of carbonyl (C=O) groups excluding carboxylic acids is 1. The van der Waals surface area contributed by atoms with Gasteiger partial charge < -0.3 is 15.5 Å². The molecule has 8 nitrogen and oxygen atoms in total. The van der Waals surface area contributed by atoms with Gasteiger partial charge >= 0.3 is 0 Å². The van der Waals surface area contributed by atoms with Gasteiger partial charge in [0.05, 0.1) is 23.5 Å². The second kappa shape index (κ2) is 10.7. The Morgan fingerprint density at radius 1 is 1.11 bits per heavy atom. The molecule has 1 amide bonds. The van der Waals surface area contributed by atoms with Crippen molar-refractivity contribution in [2.24, 2.45) is 5.73 Å². The van der Waals surface area contributed by atoms with Crippen molar-refractivity contribution >= 4 is 34.9 Å². The number of rotatable bonds is 8. The van der Waals surface area contributed by atoms with Gasteiger partial charge in [-0.1, -0.05) is 32.1 Å². The van der Waals surface area contributed by atoms with Crippen molar-refractivity contribution in [2.75, 3.05) is 31.9 Å². The zero-order valence-electron chi connectivity index (χ0n) is 21.4. The summed E-state index contributed by atoms with van der Waals surface area (Å²) in [5, 5.41) is 4.93. The van der Waals surface area contributed by atoms with Gasteiger partial charge in [0.2, 0.25) is 5.91 Å². The predicted molar refractivity (Wildman–Crippen MR) is 144 cm³/mol. The summed E-state index contributed by atoms with van der Waals surface area (Å²) in [6, 6.07) is 6.24. The highest BCUT2D eigenvalue weighted by Crippen LogP contribution is 2.23. The van der Waals surface area contributed by atoms with E-state index < -0.39 is 24.1 Å². The minimum Gasteiger partial charge on any atom is -0.341 e. The Morgan fingerprint density at radius 2 is 1.80 bits per heavy atom. The molecule has 0 spiro atoms. The minimum atomic E-state index is -3.50. The Hall–Kier alpha value is -1.75. The van der Waals surface area contributed by atoms with Crippen molar-refractivity contribution < 1.29 is 13.2 Å². The lowest BCUT2D eigenvalue weighted by Gasteiger charge is -2.40. The molecule has 0 radical (unpaired) electrons. The summed E-state index contributed by atoms with van der Waals surface area (Å²) in [4.78, 5) is 17.6. The number of amides is 1. The first-order valence-electron chi connectivity index (χ1n) is 13.0. The summed E-state index contributed by atoms with van der Waals surface area (Å²) in [7, 11) is -4.99. The van der Waals surface area contributed by atoms with Gasteiger partial charge in [0.15, 0.2) is 0 Å². The molecule has 0 bridgehead atoms. The molecule has 194 valence electrons. The first-order valence-corrected chi connectivity index (χ1v) is 18.3. The van der Waals surface area contributed by atoms with Crippen LogP contribution in [0, 0.1) is 0 Å². The molecule has 1 aromatic heterocycles. The second-order valence-corrected chi connectivity index (χ2v) is 19.0. The predicted octanol–water partition coefficient (Wildman–Crippen LogP) is 2.90. The van der Waals surface area contributed by atoms with Gasteiger partial charge in [0.1, 0.15) is 0 Å². The van der Waals surface area contributed by atoms with Crippen molar-refractivity contribution in [3.05, 3.63) is 30.0 Å². The lowest BCUT2D eigenvalue weighted by molar-refractivity contribution is -0.134. The Morgan fingerprint density at radius 3 is 2.46 bits per heavy atom. The summed E-state index contributed by atoms with van der Waals surface area (Å²) >= 11 is 0. The number of hydrogen-bond donors (Lipinski definition) is 1. The number of nitrogens with two attached hydrogens (primary N) is 1. The fraction of sp³-hybridized carbons (Fsp3) is 0.680. The van der Waals surface area contributed by atoms with E-state index in [0.717, 1.165) is 41.0 Å². The number of fused-ring (bicyclic) bond motifs is 1. The van der Waals surface area contributed by atoms with Crippen LogP contribution in [0.4, 0.5) is 0 Å². The van der Waals surface area contributed by atoms with Crippen molar-refractivity contribution in [1.82, 2.24) is 19.0 Å². The zero-order valence-corrected chi connectivity index (χ0v) is 23.3. The van der Waals surface area contributed by atoms with Gasteiger partial charge in [0, 0.05) is 32.6 Å². The van der Waals surface area contributed by atoms with Crippen molar-refractivity contribution in [3.63, 3.8) is 0 Å². The number of piperidine rings is 2. The first kappa shape index (κ1) is 26.3. The number of aromatic nitrogens is 2. The van der Waals surface area contributed by atoms with Gasteiger partial charge in [-0.2, -0.15) is 9.19 Å². The van der Waals surface area contributed by atoms with Crippen molar-refractivity contribution in [2.45, 2.75) is 76.3 Å². The largest absolute Gasteiger partial charge is 0.341 e. The first-order chi connectivity index (χ1) is 16.5. The minimum absolute atomic E-state index is 0.00631. The lowest BCUT2D eigenvalue weighted by atomic mass is 9.98. The highest BCUT2D eigenvalue weighted by molar-refractivity contribution is 7.90. The van der Waals surface area contributed by atoms with Gasteiger partial charge in [-0.25, -0.2) is 8.42 Å². The molecule has 35 heavy (non-hydrogen) atoms. The molecule has 2 aliphatic heterocycles. The third-order valence-corrected chi connectivity index (χ3v) is 11.1. The number of nitrogens with zero attached hydrogens (tertiary/aromatic N) is 4. The van der Waals surface area contributed by atoms with E-state index in [1.54, 1.807) is 12.3 Å². The maximum Gasteiger partial charge on any atom is 0.254 e. The average Bonchev–Trinajstić information content (AvgIpc) is 3.27. The summed E-state index contributed by atoms with van der Waals surface area (Å²) in [5.74, 6) is 0.113. The average molecular weight is 520 g/mol. The normalized spacial score (nSPS) is 19.8. The Labute approximate surface area is 210 Å². The quantitative estimate of drug-likeness (QED) is 0.538. The highest BCUT2D eigenvalue weighted by Gasteiger charge is 2.30. The number of benzene rings is 1. The van der Waals surface area contributed by atoms with Crippen LogP contribution in [-0.4, -0.2) is 85.4 Å². The van der Waals surface area contributed by atoms with Crippen molar-refractivity contribution in [1.29, 1.82) is 0 Å². The Bertz CT molecular complexity index is 1130. The summed E-state index contributed by atoms with van der Waals surface area (Å²) in [6.45, 7) is 10.4. The maximum absolute atomic E-state index is 13.0. The molecule has 1 atom stereocenters. The van der Waals surface area contributed by atoms with E-state index >= 15 is 0 Å². The highest BCUT2D eigenvalue weighted by atomic mass is 32.2. The standard InChI is InChI=1S/C25H41N5O3SSi/c1-35(2,3)16-15-34(32,33)30-24-8-7-20(17-21(24)19-27-30)18-23(26)25(31)29-13-9-22(10-14-29)28-11-5-4-6-12-28/h7-8,17,19,22-23H,4-6,9-16,18,26H2,1-3H3. The lowest BCUT2D eigenvalue weighted by Crippen LogP contribution is -2.52. The SMILES string of the molecule is C[Si](C)(C)CCS(=O)(=O)n1ncc2cc(CC(N)C(=O)N3CCC(N4CCCCC4)CC3)ccc21. The fourth-order valence-corrected chi connectivity index (χ4v) is 9.55. The van der Waals surface area contributed by atoms with Crippen LogP contribution in [0.1, 0.15) is 37.7 Å². The molecule has 3 heterocycles. The van der Waals surface area contributed by atoms with Crippen LogP contribution in [0.15, 0.2) is 24.4 Å². The second-order valence-electron chi connectivity index (χ2n) is 11.5. The third kappa shape index (κ3) is 6.52. The van der Waals surface area contributed by atoms with E-state index in [-0.39, 0.29) is 11.7 Å². The summed E-state index contributed by atoms with van der Waals surface area (Å²) in [6.07, 6.45) is 7.97. The molecule has 1 unspecified atom stereocenters. The van der Waals surface area contributed by atoms with Crippen LogP contribution in [0.2, 0.25) is 25.7 Å². The Balaban J connectivity index is 1.36. The van der Waals surface area contributed by atoms with Crippen molar-refractivity contribution in [3.8, 4) is 0 Å².